The first-order valence-electron chi connectivity index (χ1n) is 22.1. The van der Waals surface area contributed by atoms with E-state index in [9.17, 15) is 67.1 Å². The quantitative estimate of drug-likeness (QED) is 0.0809. The number of carbonyl (C=O) groups is 14. The van der Waals surface area contributed by atoms with Crippen molar-refractivity contribution >= 4 is 82.5 Å². The van der Waals surface area contributed by atoms with E-state index in [-0.39, 0.29) is 86.3 Å². The van der Waals surface area contributed by atoms with Crippen LogP contribution in [0.3, 0.4) is 0 Å². The molecule has 0 saturated heterocycles. The van der Waals surface area contributed by atoms with Gasteiger partial charge in [-0.1, -0.05) is 27.7 Å². The monoisotopic (exact) mass is 997 g/mol. The topological polar surface area (TPSA) is 313 Å². The molecule has 0 spiro atoms. The lowest BCUT2D eigenvalue weighted by molar-refractivity contribution is -0.161. The molecule has 0 fully saturated rings. The van der Waals surface area contributed by atoms with Crippen LogP contribution >= 0.6 is 0 Å². The van der Waals surface area contributed by atoms with Gasteiger partial charge in [-0.25, -0.2) is 0 Å². The fourth-order valence-electron chi connectivity index (χ4n) is 3.43. The average molecular weight is 997 g/mol. The van der Waals surface area contributed by atoms with E-state index in [1.165, 1.54) is 56.1 Å². The first-order valence-corrected chi connectivity index (χ1v) is 22.1. The predicted octanol–water partition coefficient (Wildman–Crippen LogP) is 4.66. The van der Waals surface area contributed by atoms with Gasteiger partial charge in [0.15, 0.2) is 11.8 Å². The summed E-state index contributed by atoms with van der Waals surface area (Å²) >= 11 is 0. The molecule has 0 aliphatic carbocycles. The van der Waals surface area contributed by atoms with Crippen molar-refractivity contribution in [2.45, 2.75) is 142 Å². The molecule has 0 N–H and O–H groups in total. The third-order valence-electron chi connectivity index (χ3n) is 8.10. The molecule has 0 aromatic rings. The third kappa shape index (κ3) is 51.0. The average Bonchev–Trinajstić information content (AvgIpc) is 3.32. The van der Waals surface area contributed by atoms with Crippen molar-refractivity contribution in [3.63, 3.8) is 0 Å². The van der Waals surface area contributed by atoms with Crippen molar-refractivity contribution in [1.29, 1.82) is 0 Å². The second kappa shape index (κ2) is 51.2. The zero-order valence-electron chi connectivity index (χ0n) is 44.1. The molecule has 22 heteroatoms. The minimum absolute atomic E-state index is 0.0434. The van der Waals surface area contributed by atoms with E-state index in [1.54, 1.807) is 69.2 Å². The number of carbonyl (C=O) groups excluding carboxylic acids is 14. The number of ketones is 6. The molecule has 0 aromatic carbocycles. The number of hydrogen-bond donors (Lipinski definition) is 0. The maximum absolute atomic E-state index is 10.9. The van der Waals surface area contributed by atoms with E-state index in [2.05, 4.69) is 37.9 Å². The predicted molar refractivity (Wildman–Crippen MR) is 248 cm³/mol. The summed E-state index contributed by atoms with van der Waals surface area (Å²) in [6.07, 6.45) is 1.42. The molecule has 0 bridgehead atoms. The molecule has 0 amide bonds. The molecular weight excluding hydrogens is 916 g/mol. The second-order valence-corrected chi connectivity index (χ2v) is 13.4. The van der Waals surface area contributed by atoms with Crippen LogP contribution in [-0.4, -0.2) is 137 Å². The van der Waals surface area contributed by atoms with Gasteiger partial charge in [0.2, 0.25) is 0 Å². The lowest BCUT2D eigenvalue weighted by Crippen LogP contribution is -2.25. The van der Waals surface area contributed by atoms with E-state index in [4.69, 9.17) is 0 Å². The molecule has 0 aromatic heterocycles. The molecule has 0 rings (SSSR count). The SMILES string of the molecule is CC(=O)C(C)C(C)=O.CCC(=O)C(C)C(=O)CC.CCC(=O)CC(=O)CC.CCOC(=O)C(C)C(=O)OCC.CCOC(=O)CC(=O)OCC.COC(=O)C(C)C(=O)OC.COC(=O)CC(=O)OC. The Balaban J connectivity index is -0.000000130. The van der Waals surface area contributed by atoms with Gasteiger partial charge < -0.3 is 37.9 Å². The first-order chi connectivity index (χ1) is 32.0. The number of hydrogen-bond acceptors (Lipinski definition) is 22. The van der Waals surface area contributed by atoms with Gasteiger partial charge in [-0.3, -0.25) is 67.1 Å². The van der Waals surface area contributed by atoms with Crippen LogP contribution in [-0.2, 0) is 105 Å². The normalized spacial score (nSPS) is 9.25. The highest BCUT2D eigenvalue weighted by molar-refractivity contribution is 6.02. The highest BCUT2D eigenvalue weighted by atomic mass is 16.6. The number of ether oxygens (including phenoxy) is 8. The molecular formula is C47H80O22. The van der Waals surface area contributed by atoms with E-state index < -0.39 is 65.5 Å². The fourth-order valence-corrected chi connectivity index (χ4v) is 3.43. The minimum atomic E-state index is -0.824. The Morgan fingerprint density at radius 1 is 0.319 bits per heavy atom. The Labute approximate surface area is 407 Å². The molecule has 400 valence electrons. The molecule has 0 radical (unpaired) electrons. The Bertz CT molecular complexity index is 1410. The first kappa shape index (κ1) is 77.0. The number of esters is 8. The summed E-state index contributed by atoms with van der Waals surface area (Å²) in [6.45, 7) is 24.0. The highest BCUT2D eigenvalue weighted by Crippen LogP contribution is 2.04. The summed E-state index contributed by atoms with van der Waals surface area (Å²) in [5, 5.41) is 0. The van der Waals surface area contributed by atoms with Gasteiger partial charge in [-0.15, -0.1) is 0 Å². The van der Waals surface area contributed by atoms with Crippen LogP contribution in [0.4, 0.5) is 0 Å². The largest absolute Gasteiger partial charge is 0.469 e. The standard InChI is InChI=1S/C8H14O4.C8H14O2.C7H12O4.C7H12O2.C6H10O4.C6H10O2.C5H8O4/c1-4-11-7(9)6(3)8(10)12-5-2;1-4-7(9)6(3)8(10)5-2;1-3-10-6(8)5-7(9)11-4-2;1-3-6(8)5-7(9)4-2;1-4(5(7)9-2)6(8)10-3;1-4(5(2)7)6(3)8;1-8-4(6)3-5(7)9-2/h6H,4-5H2,1-3H3;6H,4-5H2,1-3H3;3-5H2,1-2H3;3-5H2,1-2H3;4H,1-3H3;4H,1-3H3;3H2,1-2H3. The van der Waals surface area contributed by atoms with E-state index in [0.717, 1.165) is 0 Å². The molecule has 0 unspecified atom stereocenters. The van der Waals surface area contributed by atoms with Gasteiger partial charge in [0.1, 0.15) is 47.5 Å². The summed E-state index contributed by atoms with van der Waals surface area (Å²) in [7, 11) is 4.88. The number of methoxy groups -OCH3 is 4. The van der Waals surface area contributed by atoms with Crippen molar-refractivity contribution in [2.75, 3.05) is 54.9 Å². The van der Waals surface area contributed by atoms with Crippen LogP contribution in [0, 0.1) is 23.7 Å². The van der Waals surface area contributed by atoms with E-state index >= 15 is 0 Å². The molecule has 0 atom stereocenters. The lowest BCUT2D eigenvalue weighted by atomic mass is 9.98. The Kier molecular flexibility index (Phi) is 57.1. The molecule has 0 heterocycles. The van der Waals surface area contributed by atoms with Crippen molar-refractivity contribution in [1.82, 2.24) is 0 Å². The van der Waals surface area contributed by atoms with Gasteiger partial charge >= 0.3 is 47.8 Å². The van der Waals surface area contributed by atoms with Gasteiger partial charge in [0, 0.05) is 25.7 Å². The van der Waals surface area contributed by atoms with Gasteiger partial charge in [-0.05, 0) is 69.2 Å². The van der Waals surface area contributed by atoms with Crippen LogP contribution < -0.4 is 0 Å². The summed E-state index contributed by atoms with van der Waals surface area (Å²) in [5.41, 5.74) is 0. The lowest BCUT2D eigenvalue weighted by Gasteiger charge is -2.08. The summed E-state index contributed by atoms with van der Waals surface area (Å²) in [4.78, 5) is 148. The summed E-state index contributed by atoms with van der Waals surface area (Å²) in [5.74, 6) is -6.81. The molecule has 22 nitrogen and oxygen atoms in total. The maximum Gasteiger partial charge on any atom is 0.320 e. The zero-order chi connectivity index (χ0) is 55.8. The Morgan fingerprint density at radius 3 is 0.797 bits per heavy atom. The smallest absolute Gasteiger partial charge is 0.320 e. The summed E-state index contributed by atoms with van der Waals surface area (Å²) in [6, 6.07) is 0. The molecule has 0 aliphatic heterocycles. The molecule has 0 aliphatic rings. The van der Waals surface area contributed by atoms with Crippen molar-refractivity contribution in [2.24, 2.45) is 23.7 Å². The van der Waals surface area contributed by atoms with Crippen molar-refractivity contribution < 1.29 is 105 Å². The number of rotatable bonds is 22. The Morgan fingerprint density at radius 2 is 0.594 bits per heavy atom. The van der Waals surface area contributed by atoms with Gasteiger partial charge in [0.05, 0.1) is 73.1 Å². The van der Waals surface area contributed by atoms with Crippen LogP contribution in [0.1, 0.15) is 142 Å². The highest BCUT2D eigenvalue weighted by Gasteiger charge is 2.24. The van der Waals surface area contributed by atoms with Crippen LogP contribution in [0.25, 0.3) is 0 Å². The zero-order valence-corrected chi connectivity index (χ0v) is 44.1. The maximum atomic E-state index is 10.9. The minimum Gasteiger partial charge on any atom is -0.469 e. The second-order valence-electron chi connectivity index (χ2n) is 13.4. The molecule has 0 saturated carbocycles. The van der Waals surface area contributed by atoms with Crippen molar-refractivity contribution in [3.8, 4) is 0 Å². The van der Waals surface area contributed by atoms with Crippen LogP contribution in [0.2, 0.25) is 0 Å². The summed E-state index contributed by atoms with van der Waals surface area (Å²) < 4.78 is 35.3. The number of Topliss-reactive ketones (excluding diaryl/α,β-unsaturated/α-hetero) is 6. The third-order valence-corrected chi connectivity index (χ3v) is 8.10. The molecule has 69 heavy (non-hydrogen) atoms. The van der Waals surface area contributed by atoms with Crippen molar-refractivity contribution in [3.05, 3.63) is 0 Å². The van der Waals surface area contributed by atoms with E-state index in [1.807, 2.05) is 0 Å². The van der Waals surface area contributed by atoms with E-state index in [0.29, 0.717) is 25.7 Å². The van der Waals surface area contributed by atoms with Crippen LogP contribution in [0.15, 0.2) is 0 Å². The van der Waals surface area contributed by atoms with Crippen LogP contribution in [0.5, 0.6) is 0 Å². The Hall–Kier alpha value is -6.22. The van der Waals surface area contributed by atoms with Gasteiger partial charge in [-0.2, -0.15) is 0 Å². The van der Waals surface area contributed by atoms with Gasteiger partial charge in [0.25, 0.3) is 0 Å². The fraction of sp³-hybridized carbons (Fsp3) is 0.702.